The van der Waals surface area contributed by atoms with Crippen LogP contribution in [0.1, 0.15) is 25.3 Å². The summed E-state index contributed by atoms with van der Waals surface area (Å²) < 4.78 is 14.1. The Morgan fingerprint density at radius 3 is 2.95 bits per heavy atom. The van der Waals surface area contributed by atoms with Crippen LogP contribution < -0.4 is 5.32 Å². The van der Waals surface area contributed by atoms with Gasteiger partial charge in [0.15, 0.2) is 0 Å². The Morgan fingerprint density at radius 2 is 2.33 bits per heavy atom. The molecule has 2 rings (SSSR count). The van der Waals surface area contributed by atoms with Crippen LogP contribution in [-0.4, -0.2) is 36.0 Å². The van der Waals surface area contributed by atoms with Crippen molar-refractivity contribution in [3.8, 4) is 0 Å². The van der Waals surface area contributed by atoms with Gasteiger partial charge < -0.3 is 5.32 Å². The number of hydrogen-bond acceptors (Lipinski definition) is 4. The van der Waals surface area contributed by atoms with Crippen LogP contribution in [0.25, 0.3) is 0 Å². The van der Waals surface area contributed by atoms with E-state index in [4.69, 9.17) is 0 Å². The third kappa shape index (κ3) is 4.22. The standard InChI is InChI=1S/C15H22FN3O2/c1-2-18(10-12-5-4-8-17-9-12)11-13-6-3-7-14(15(13)16)19(20)21/h3,6-7,12,17H,2,4-5,8-11H2,1H3. The number of hydrogen-bond donors (Lipinski definition) is 1. The van der Waals surface area contributed by atoms with E-state index >= 15 is 0 Å². The summed E-state index contributed by atoms with van der Waals surface area (Å²) in [6.45, 7) is 6.21. The summed E-state index contributed by atoms with van der Waals surface area (Å²) in [5.74, 6) is -0.136. The van der Waals surface area contributed by atoms with Crippen LogP contribution in [0.3, 0.4) is 0 Å². The fourth-order valence-corrected chi connectivity index (χ4v) is 2.82. The van der Waals surface area contributed by atoms with Crippen LogP contribution in [0.15, 0.2) is 18.2 Å². The highest BCUT2D eigenvalue weighted by Gasteiger charge is 2.20. The highest BCUT2D eigenvalue weighted by molar-refractivity contribution is 5.36. The first-order valence-corrected chi connectivity index (χ1v) is 7.46. The second-order valence-corrected chi connectivity index (χ2v) is 5.55. The highest BCUT2D eigenvalue weighted by atomic mass is 19.1. The maximum Gasteiger partial charge on any atom is 0.305 e. The zero-order chi connectivity index (χ0) is 15.2. The molecule has 1 aliphatic heterocycles. The van der Waals surface area contributed by atoms with Crippen molar-refractivity contribution < 1.29 is 9.31 Å². The normalized spacial score (nSPS) is 18.9. The van der Waals surface area contributed by atoms with E-state index in [1.165, 1.54) is 18.9 Å². The van der Waals surface area contributed by atoms with Gasteiger partial charge in [-0.25, -0.2) is 0 Å². The molecule has 0 saturated carbocycles. The van der Waals surface area contributed by atoms with Gasteiger partial charge in [-0.15, -0.1) is 0 Å². The average molecular weight is 295 g/mol. The zero-order valence-corrected chi connectivity index (χ0v) is 12.3. The van der Waals surface area contributed by atoms with Crippen LogP contribution in [0, 0.1) is 21.8 Å². The van der Waals surface area contributed by atoms with E-state index in [2.05, 4.69) is 10.2 Å². The number of benzene rings is 1. The Hall–Kier alpha value is -1.53. The van der Waals surface area contributed by atoms with Crippen molar-refractivity contribution in [3.63, 3.8) is 0 Å². The molecule has 5 nitrogen and oxygen atoms in total. The van der Waals surface area contributed by atoms with Crippen molar-refractivity contribution in [1.29, 1.82) is 0 Å². The number of nitro benzene ring substituents is 1. The van der Waals surface area contributed by atoms with E-state index in [0.29, 0.717) is 18.0 Å². The molecule has 1 N–H and O–H groups in total. The second kappa shape index (κ2) is 7.47. The second-order valence-electron chi connectivity index (χ2n) is 5.55. The SMILES string of the molecule is CCN(Cc1cccc([N+](=O)[O-])c1F)CC1CCCNC1. The number of rotatable bonds is 6. The van der Waals surface area contributed by atoms with E-state index in [9.17, 15) is 14.5 Å². The molecule has 1 aromatic rings. The van der Waals surface area contributed by atoms with Gasteiger partial charge in [-0.3, -0.25) is 15.0 Å². The number of nitro groups is 1. The molecule has 1 aliphatic rings. The Balaban J connectivity index is 2.04. The van der Waals surface area contributed by atoms with Gasteiger partial charge in [0.25, 0.3) is 0 Å². The van der Waals surface area contributed by atoms with Gasteiger partial charge in [-0.1, -0.05) is 19.1 Å². The number of nitrogens with zero attached hydrogens (tertiary/aromatic N) is 2. The lowest BCUT2D eigenvalue weighted by Gasteiger charge is -2.29. The van der Waals surface area contributed by atoms with Gasteiger partial charge >= 0.3 is 5.69 Å². The van der Waals surface area contributed by atoms with E-state index < -0.39 is 16.4 Å². The summed E-state index contributed by atoms with van der Waals surface area (Å²) in [6, 6.07) is 4.39. The first-order chi connectivity index (χ1) is 10.1. The smallest absolute Gasteiger partial charge is 0.305 e. The summed E-state index contributed by atoms with van der Waals surface area (Å²) in [6.07, 6.45) is 2.36. The van der Waals surface area contributed by atoms with Crippen molar-refractivity contribution in [2.75, 3.05) is 26.2 Å². The monoisotopic (exact) mass is 295 g/mol. The molecule has 0 aromatic heterocycles. The van der Waals surface area contributed by atoms with E-state index in [0.717, 1.165) is 26.2 Å². The molecule has 1 heterocycles. The summed E-state index contributed by atoms with van der Waals surface area (Å²) >= 11 is 0. The van der Waals surface area contributed by atoms with Gasteiger partial charge in [-0.05, 0) is 38.4 Å². The number of piperidine rings is 1. The zero-order valence-electron chi connectivity index (χ0n) is 12.3. The van der Waals surface area contributed by atoms with E-state index in [-0.39, 0.29) is 0 Å². The summed E-state index contributed by atoms with van der Waals surface area (Å²) in [5, 5.41) is 14.2. The first-order valence-electron chi connectivity index (χ1n) is 7.46. The van der Waals surface area contributed by atoms with Gasteiger partial charge in [-0.2, -0.15) is 4.39 Å². The predicted molar refractivity (Wildman–Crippen MR) is 79.6 cm³/mol. The Kier molecular flexibility index (Phi) is 5.64. The fourth-order valence-electron chi connectivity index (χ4n) is 2.82. The van der Waals surface area contributed by atoms with Crippen molar-refractivity contribution in [2.45, 2.75) is 26.3 Å². The molecule has 0 amide bonds. The largest absolute Gasteiger partial charge is 0.316 e. The van der Waals surface area contributed by atoms with Gasteiger partial charge in [0.1, 0.15) is 0 Å². The minimum absolute atomic E-state index is 0.398. The van der Waals surface area contributed by atoms with Crippen LogP contribution in [0.5, 0.6) is 0 Å². The molecule has 1 saturated heterocycles. The highest BCUT2D eigenvalue weighted by Crippen LogP contribution is 2.22. The van der Waals surface area contributed by atoms with Crippen molar-refractivity contribution >= 4 is 5.69 Å². The van der Waals surface area contributed by atoms with Crippen molar-refractivity contribution in [3.05, 3.63) is 39.7 Å². The molecular weight excluding hydrogens is 273 g/mol. The van der Waals surface area contributed by atoms with Crippen molar-refractivity contribution in [2.24, 2.45) is 5.92 Å². The molecule has 6 heteroatoms. The van der Waals surface area contributed by atoms with Crippen LogP contribution in [0.4, 0.5) is 10.1 Å². The molecule has 1 fully saturated rings. The lowest BCUT2D eigenvalue weighted by Crippen LogP contribution is -2.38. The minimum Gasteiger partial charge on any atom is -0.316 e. The quantitative estimate of drug-likeness (QED) is 0.647. The Labute approximate surface area is 124 Å². The third-order valence-corrected chi connectivity index (χ3v) is 4.01. The molecule has 21 heavy (non-hydrogen) atoms. The first kappa shape index (κ1) is 15.9. The molecular formula is C15H22FN3O2. The average Bonchev–Trinajstić information content (AvgIpc) is 2.49. The third-order valence-electron chi connectivity index (χ3n) is 4.01. The molecule has 1 atom stereocenters. The predicted octanol–water partition coefficient (Wildman–Crippen LogP) is 2.56. The van der Waals surface area contributed by atoms with Gasteiger partial charge in [0.2, 0.25) is 5.82 Å². The lowest BCUT2D eigenvalue weighted by atomic mass is 9.99. The molecule has 0 bridgehead atoms. The Bertz CT molecular complexity index is 490. The van der Waals surface area contributed by atoms with Gasteiger partial charge in [0, 0.05) is 24.7 Å². The molecule has 0 spiro atoms. The maximum absolute atomic E-state index is 14.1. The van der Waals surface area contributed by atoms with Gasteiger partial charge in [0.05, 0.1) is 4.92 Å². The number of nitrogens with one attached hydrogen (secondary N) is 1. The molecule has 1 unspecified atom stereocenters. The van der Waals surface area contributed by atoms with Crippen LogP contribution in [0.2, 0.25) is 0 Å². The van der Waals surface area contributed by atoms with Crippen molar-refractivity contribution in [1.82, 2.24) is 10.2 Å². The number of halogens is 1. The fraction of sp³-hybridized carbons (Fsp3) is 0.600. The lowest BCUT2D eigenvalue weighted by molar-refractivity contribution is -0.387. The van der Waals surface area contributed by atoms with E-state index in [1.54, 1.807) is 12.1 Å². The summed E-state index contributed by atoms with van der Waals surface area (Å²) in [5.41, 5.74) is -0.0438. The van der Waals surface area contributed by atoms with Crippen LogP contribution in [-0.2, 0) is 6.54 Å². The molecule has 0 aliphatic carbocycles. The molecule has 1 aromatic carbocycles. The molecule has 116 valence electrons. The topological polar surface area (TPSA) is 58.4 Å². The maximum atomic E-state index is 14.1. The van der Waals surface area contributed by atoms with E-state index in [1.807, 2.05) is 6.92 Å². The minimum atomic E-state index is -0.706. The summed E-state index contributed by atoms with van der Waals surface area (Å²) in [4.78, 5) is 12.3. The summed E-state index contributed by atoms with van der Waals surface area (Å²) in [7, 11) is 0. The van der Waals surface area contributed by atoms with Crippen LogP contribution >= 0.6 is 0 Å². The molecule has 0 radical (unpaired) electrons. The Morgan fingerprint density at radius 1 is 1.52 bits per heavy atom.